The van der Waals surface area contributed by atoms with Crippen molar-refractivity contribution in [1.29, 1.82) is 0 Å². The van der Waals surface area contributed by atoms with E-state index in [4.69, 9.17) is 5.11 Å². The zero-order chi connectivity index (χ0) is 9.84. The van der Waals surface area contributed by atoms with Crippen molar-refractivity contribution in [1.82, 2.24) is 10.2 Å². The Morgan fingerprint density at radius 3 is 2.77 bits per heavy atom. The number of carbonyl (C=O) groups is 1. The molecule has 0 aromatic carbocycles. The number of carboxylic acid groups (broad SMARTS) is 1. The fourth-order valence-electron chi connectivity index (χ4n) is 1.12. The van der Waals surface area contributed by atoms with Crippen LogP contribution in [0.5, 0.6) is 0 Å². The molecule has 0 bridgehead atoms. The third-order valence-electron chi connectivity index (χ3n) is 1.82. The molecule has 0 aliphatic heterocycles. The van der Waals surface area contributed by atoms with Crippen molar-refractivity contribution in [2.75, 3.05) is 0 Å². The molecule has 4 heteroatoms. The van der Waals surface area contributed by atoms with E-state index in [1.807, 2.05) is 13.8 Å². The van der Waals surface area contributed by atoms with Gasteiger partial charge in [0.15, 0.2) is 5.69 Å². The smallest absolute Gasteiger partial charge is 0.356 e. The standard InChI is InChI=1S/C9H12N2O2/c1-3-4-7-5-8(9(12)13)11-10-6(7)2/h5H,3-4H2,1-2H3,(H,12,13). The molecule has 0 unspecified atom stereocenters. The molecule has 1 aromatic rings. The quantitative estimate of drug-likeness (QED) is 0.764. The number of nitrogens with zero attached hydrogens (tertiary/aromatic N) is 2. The third-order valence-corrected chi connectivity index (χ3v) is 1.82. The van der Waals surface area contributed by atoms with Gasteiger partial charge in [-0.2, -0.15) is 5.10 Å². The minimum absolute atomic E-state index is 0.0223. The Labute approximate surface area is 76.6 Å². The summed E-state index contributed by atoms with van der Waals surface area (Å²) in [5.74, 6) is -1.02. The maximum atomic E-state index is 10.6. The van der Waals surface area contributed by atoms with Crippen LogP contribution in [0.3, 0.4) is 0 Å². The molecule has 1 rings (SSSR count). The lowest BCUT2D eigenvalue weighted by Crippen LogP contribution is -2.05. The first kappa shape index (κ1) is 9.64. The van der Waals surface area contributed by atoms with Crippen LogP contribution in [0.25, 0.3) is 0 Å². The number of aryl methyl sites for hydroxylation is 2. The highest BCUT2D eigenvalue weighted by Gasteiger charge is 2.08. The normalized spacial score (nSPS) is 10.0. The second-order valence-corrected chi connectivity index (χ2v) is 2.90. The molecule has 1 aromatic heterocycles. The summed E-state index contributed by atoms with van der Waals surface area (Å²) < 4.78 is 0. The summed E-state index contributed by atoms with van der Waals surface area (Å²) in [5, 5.41) is 16.0. The molecule has 1 heterocycles. The van der Waals surface area contributed by atoms with Crippen LogP contribution >= 0.6 is 0 Å². The Hall–Kier alpha value is -1.45. The molecule has 0 amide bonds. The Balaban J connectivity index is 3.03. The molecule has 0 spiro atoms. The van der Waals surface area contributed by atoms with E-state index in [1.54, 1.807) is 6.07 Å². The van der Waals surface area contributed by atoms with Crippen LogP contribution in [-0.2, 0) is 6.42 Å². The maximum Gasteiger partial charge on any atom is 0.356 e. The highest BCUT2D eigenvalue weighted by molar-refractivity contribution is 5.85. The van der Waals surface area contributed by atoms with E-state index in [9.17, 15) is 4.79 Å². The van der Waals surface area contributed by atoms with E-state index in [0.29, 0.717) is 0 Å². The van der Waals surface area contributed by atoms with Crippen molar-refractivity contribution in [2.45, 2.75) is 26.7 Å². The van der Waals surface area contributed by atoms with E-state index < -0.39 is 5.97 Å². The Morgan fingerprint density at radius 2 is 2.23 bits per heavy atom. The lowest BCUT2D eigenvalue weighted by Gasteiger charge is -2.02. The van der Waals surface area contributed by atoms with Gasteiger partial charge >= 0.3 is 5.97 Å². The van der Waals surface area contributed by atoms with Crippen molar-refractivity contribution < 1.29 is 9.90 Å². The summed E-state index contributed by atoms with van der Waals surface area (Å²) in [6, 6.07) is 1.59. The summed E-state index contributed by atoms with van der Waals surface area (Å²) in [5.41, 5.74) is 1.80. The number of hydrogen-bond acceptors (Lipinski definition) is 3. The number of hydrogen-bond donors (Lipinski definition) is 1. The molecule has 1 N–H and O–H groups in total. The zero-order valence-electron chi connectivity index (χ0n) is 7.74. The average molecular weight is 180 g/mol. The van der Waals surface area contributed by atoms with Gasteiger partial charge in [0.2, 0.25) is 0 Å². The van der Waals surface area contributed by atoms with Gasteiger partial charge in [-0.1, -0.05) is 13.3 Å². The van der Waals surface area contributed by atoms with E-state index >= 15 is 0 Å². The van der Waals surface area contributed by atoms with Crippen LogP contribution in [-0.4, -0.2) is 21.3 Å². The molecule has 0 saturated carbocycles. The summed E-state index contributed by atoms with van der Waals surface area (Å²) in [7, 11) is 0. The monoisotopic (exact) mass is 180 g/mol. The molecule has 70 valence electrons. The second kappa shape index (κ2) is 3.98. The van der Waals surface area contributed by atoms with Gasteiger partial charge in [-0.25, -0.2) is 4.79 Å². The van der Waals surface area contributed by atoms with Gasteiger partial charge in [0.25, 0.3) is 0 Å². The van der Waals surface area contributed by atoms with Crippen LogP contribution in [0.4, 0.5) is 0 Å². The van der Waals surface area contributed by atoms with Gasteiger partial charge in [-0.15, -0.1) is 5.10 Å². The van der Waals surface area contributed by atoms with Crippen molar-refractivity contribution in [3.05, 3.63) is 23.0 Å². The molecule has 0 aliphatic carbocycles. The molecule has 0 aliphatic rings. The van der Waals surface area contributed by atoms with Gasteiger partial charge in [0.1, 0.15) is 0 Å². The highest BCUT2D eigenvalue weighted by Crippen LogP contribution is 2.08. The van der Waals surface area contributed by atoms with Gasteiger partial charge in [0.05, 0.1) is 5.69 Å². The molecule has 13 heavy (non-hydrogen) atoms. The van der Waals surface area contributed by atoms with Gasteiger partial charge in [0, 0.05) is 0 Å². The van der Waals surface area contributed by atoms with Crippen LogP contribution in [0.1, 0.15) is 35.1 Å². The van der Waals surface area contributed by atoms with Gasteiger partial charge in [-0.05, 0) is 25.0 Å². The average Bonchev–Trinajstić information content (AvgIpc) is 2.08. The van der Waals surface area contributed by atoms with Gasteiger partial charge < -0.3 is 5.11 Å². The first-order valence-electron chi connectivity index (χ1n) is 4.21. The molecule has 0 radical (unpaired) electrons. The molecule has 0 fully saturated rings. The van der Waals surface area contributed by atoms with Crippen molar-refractivity contribution >= 4 is 5.97 Å². The predicted molar refractivity (Wildman–Crippen MR) is 47.7 cm³/mol. The maximum absolute atomic E-state index is 10.6. The van der Waals surface area contributed by atoms with Crippen LogP contribution < -0.4 is 0 Å². The largest absolute Gasteiger partial charge is 0.476 e. The second-order valence-electron chi connectivity index (χ2n) is 2.90. The lowest BCUT2D eigenvalue weighted by molar-refractivity contribution is 0.0689. The van der Waals surface area contributed by atoms with Crippen LogP contribution in [0.15, 0.2) is 6.07 Å². The Bertz CT molecular complexity index is 323. The Morgan fingerprint density at radius 1 is 1.54 bits per heavy atom. The minimum atomic E-state index is -1.02. The molecule has 0 atom stereocenters. The fraction of sp³-hybridized carbons (Fsp3) is 0.444. The first-order chi connectivity index (χ1) is 6.15. The van der Waals surface area contributed by atoms with E-state index in [2.05, 4.69) is 10.2 Å². The summed E-state index contributed by atoms with van der Waals surface area (Å²) in [6.07, 6.45) is 1.83. The summed E-state index contributed by atoms with van der Waals surface area (Å²) in [4.78, 5) is 10.6. The number of aromatic carboxylic acids is 1. The molecule has 0 saturated heterocycles. The van der Waals surface area contributed by atoms with E-state index in [0.717, 1.165) is 24.1 Å². The SMILES string of the molecule is CCCc1cc(C(=O)O)nnc1C. The number of carboxylic acids is 1. The first-order valence-corrected chi connectivity index (χ1v) is 4.21. The van der Waals surface area contributed by atoms with Crippen molar-refractivity contribution in [3.63, 3.8) is 0 Å². The molecule has 4 nitrogen and oxygen atoms in total. The van der Waals surface area contributed by atoms with Crippen molar-refractivity contribution in [3.8, 4) is 0 Å². The van der Waals surface area contributed by atoms with Crippen LogP contribution in [0, 0.1) is 6.92 Å². The zero-order valence-corrected chi connectivity index (χ0v) is 7.74. The topological polar surface area (TPSA) is 63.1 Å². The number of rotatable bonds is 3. The lowest BCUT2D eigenvalue weighted by atomic mass is 10.1. The highest BCUT2D eigenvalue weighted by atomic mass is 16.4. The van der Waals surface area contributed by atoms with Crippen molar-refractivity contribution in [2.24, 2.45) is 0 Å². The fourth-order valence-corrected chi connectivity index (χ4v) is 1.12. The van der Waals surface area contributed by atoms with Crippen LogP contribution in [0.2, 0.25) is 0 Å². The van der Waals surface area contributed by atoms with E-state index in [-0.39, 0.29) is 5.69 Å². The van der Waals surface area contributed by atoms with E-state index in [1.165, 1.54) is 0 Å². The minimum Gasteiger partial charge on any atom is -0.476 e. The summed E-state index contributed by atoms with van der Waals surface area (Å²) in [6.45, 7) is 3.88. The summed E-state index contributed by atoms with van der Waals surface area (Å²) >= 11 is 0. The third kappa shape index (κ3) is 2.24. The Kier molecular flexibility index (Phi) is 2.95. The number of aromatic nitrogens is 2. The van der Waals surface area contributed by atoms with Gasteiger partial charge in [-0.3, -0.25) is 0 Å². The molecular weight excluding hydrogens is 168 g/mol. The predicted octanol–water partition coefficient (Wildman–Crippen LogP) is 1.44. The molecular formula is C9H12N2O2.